The zero-order valence-electron chi connectivity index (χ0n) is 40.8. The number of hydrogen-bond donors (Lipinski definition) is 2. The number of hydrogen-bond acceptors (Lipinski definition) is 12. The van der Waals surface area contributed by atoms with E-state index in [4.69, 9.17) is 16.3 Å². The van der Waals surface area contributed by atoms with Crippen molar-refractivity contribution in [3.8, 4) is 11.5 Å². The molecule has 4 heterocycles. The number of nitrogens with zero attached hydrogens (tertiary/aromatic N) is 5. The minimum atomic E-state index is -6.04. The highest BCUT2D eigenvalue weighted by Gasteiger charge is 2.48. The Hall–Kier alpha value is -4.99. The predicted octanol–water partition coefficient (Wildman–Crippen LogP) is 9.58. The number of pyridine rings is 1. The van der Waals surface area contributed by atoms with E-state index in [0.717, 1.165) is 51.0 Å². The number of aromatic nitrogens is 2. The van der Waals surface area contributed by atoms with E-state index in [1.54, 1.807) is 37.4 Å². The Morgan fingerprint density at radius 3 is 2.38 bits per heavy atom. The number of anilines is 1. The van der Waals surface area contributed by atoms with E-state index in [1.807, 2.05) is 23.8 Å². The molecule has 1 atom stereocenters. The number of piperazine rings is 1. The number of alkyl halides is 3. The van der Waals surface area contributed by atoms with Gasteiger partial charge in [-0.15, -0.1) is 0 Å². The number of sulfonamides is 1. The molecule has 2 N–H and O–H groups in total. The van der Waals surface area contributed by atoms with Crippen molar-refractivity contribution in [2.45, 2.75) is 75.1 Å². The molecule has 0 radical (unpaired) electrons. The Balaban J connectivity index is 1.01. The number of carbonyl (C=O) groups is 1. The Labute approximate surface area is 425 Å². The zero-order valence-corrected chi connectivity index (χ0v) is 44.0. The molecular formula is C51H61ClF3N7O7S3. The van der Waals surface area contributed by atoms with Gasteiger partial charge in [0.2, 0.25) is 0 Å². The van der Waals surface area contributed by atoms with Gasteiger partial charge in [0.25, 0.3) is 25.8 Å². The van der Waals surface area contributed by atoms with Crippen LogP contribution in [0.3, 0.4) is 0 Å². The molecule has 2 aliphatic heterocycles. The molecule has 0 saturated carbocycles. The monoisotopic (exact) mass is 1070 g/mol. The van der Waals surface area contributed by atoms with E-state index >= 15 is 0 Å². The SMILES string of the molecule is CCN=S1(=O)CCN(CC[C@H](C)Cc2ccc(S(=O)(=O)NC(=O)c3ccc(N4CCN(CC5=C(c6ccc(Cl)cc6)CC(C)(C)CC5)CC4)cc3Oc3cnc4[nH]ccc4c3)cc2S(=O)(=O)C(F)(F)F)CC1. The summed E-state index contributed by atoms with van der Waals surface area (Å²) < 4.78 is 122. The lowest BCUT2D eigenvalue weighted by Crippen LogP contribution is -2.47. The summed E-state index contributed by atoms with van der Waals surface area (Å²) in [6.07, 6.45) is 6.58. The van der Waals surface area contributed by atoms with Crippen molar-refractivity contribution < 1.29 is 43.7 Å². The van der Waals surface area contributed by atoms with Crippen LogP contribution >= 0.6 is 11.6 Å². The van der Waals surface area contributed by atoms with Crippen molar-refractivity contribution >= 4 is 69.4 Å². The summed E-state index contributed by atoms with van der Waals surface area (Å²) in [5.74, 6) is -0.409. The second-order valence-corrected chi connectivity index (χ2v) is 26.4. The highest BCUT2D eigenvalue weighted by Crippen LogP contribution is 2.44. The van der Waals surface area contributed by atoms with Gasteiger partial charge < -0.3 is 19.5 Å². The van der Waals surface area contributed by atoms with Crippen LogP contribution in [-0.2, 0) is 36.0 Å². The average molecular weight is 1070 g/mol. The number of sulfone groups is 1. The molecule has 0 spiro atoms. The molecule has 5 aromatic rings. The quantitative estimate of drug-likeness (QED) is 0.0963. The molecule has 14 nitrogen and oxygen atoms in total. The first kappa shape index (κ1) is 53.3. The molecular weight excluding hydrogens is 1010 g/mol. The van der Waals surface area contributed by atoms with E-state index in [0.29, 0.717) is 85.0 Å². The number of halogens is 4. The molecule has 2 fully saturated rings. The Kier molecular flexibility index (Phi) is 15.9. The van der Waals surface area contributed by atoms with Gasteiger partial charge in [0.15, 0.2) is 0 Å². The minimum absolute atomic E-state index is 0.0133. The Bertz CT molecular complexity index is 3190. The molecule has 8 rings (SSSR count). The molecule has 1 amide bonds. The highest BCUT2D eigenvalue weighted by molar-refractivity contribution is 7.93. The first-order valence-corrected chi connectivity index (χ1v) is 29.3. The van der Waals surface area contributed by atoms with Crippen molar-refractivity contribution in [2.24, 2.45) is 15.7 Å². The van der Waals surface area contributed by atoms with Crippen LogP contribution in [-0.4, -0.2) is 123 Å². The van der Waals surface area contributed by atoms with Gasteiger partial charge in [0.1, 0.15) is 17.1 Å². The maximum Gasteiger partial charge on any atom is 0.501 e. The van der Waals surface area contributed by atoms with Crippen molar-refractivity contribution in [1.82, 2.24) is 24.5 Å². The number of rotatable bonds is 16. The van der Waals surface area contributed by atoms with Gasteiger partial charge in [-0.25, -0.2) is 35.1 Å². The fourth-order valence-corrected chi connectivity index (χ4v) is 13.9. The van der Waals surface area contributed by atoms with Crippen molar-refractivity contribution in [3.05, 3.63) is 112 Å². The number of ether oxygens (including phenoxy) is 1. The van der Waals surface area contributed by atoms with Gasteiger partial charge in [0.05, 0.1) is 21.6 Å². The standard InChI is InChI=1S/C51H61ClF3N7O7S3/c1-5-58-70(64)26-24-60(25-27-70)19-16-35(2)28-37-8-12-43(31-47(37)71(65,66)51(53,54)55)72(67,68)59-49(63)44-13-11-41(30-46(44)69-42-29-38-15-18-56-48(38)57-33-42)62-22-20-61(21-23-62)34-39-14-17-50(3,4)32-45(39)36-6-9-40(52)10-7-36/h6-13,15,18,29-31,33,35H,5,14,16-17,19-28,32,34H2,1-4H3,(H,56,57)(H,59,63)/t35-/m0/s1. The van der Waals surface area contributed by atoms with Gasteiger partial charge in [-0.05, 0) is 122 Å². The lowest BCUT2D eigenvalue weighted by Gasteiger charge is -2.39. The zero-order chi connectivity index (χ0) is 51.6. The third kappa shape index (κ3) is 12.5. The second kappa shape index (κ2) is 21.5. The fourth-order valence-electron chi connectivity index (χ4n) is 9.69. The number of carbonyl (C=O) groups excluding carboxylic acids is 1. The summed E-state index contributed by atoms with van der Waals surface area (Å²) in [6, 6.07) is 18.8. The van der Waals surface area contributed by atoms with Gasteiger partial charge in [-0.3, -0.25) is 9.69 Å². The summed E-state index contributed by atoms with van der Waals surface area (Å²) in [5, 5.41) is 1.41. The number of H-pyrrole nitrogens is 1. The predicted molar refractivity (Wildman–Crippen MR) is 276 cm³/mol. The number of nitrogens with one attached hydrogen (secondary N) is 2. The molecule has 2 aromatic heterocycles. The summed E-state index contributed by atoms with van der Waals surface area (Å²) in [5.41, 5.74) is -0.722. The lowest BCUT2D eigenvalue weighted by molar-refractivity contribution is -0.0436. The molecule has 1 aliphatic carbocycles. The summed E-state index contributed by atoms with van der Waals surface area (Å²) in [4.78, 5) is 26.1. The van der Waals surface area contributed by atoms with Crippen molar-refractivity contribution in [2.75, 3.05) is 75.3 Å². The Morgan fingerprint density at radius 2 is 1.68 bits per heavy atom. The third-order valence-electron chi connectivity index (χ3n) is 13.8. The first-order valence-electron chi connectivity index (χ1n) is 24.1. The fraction of sp³-hybridized carbons (Fsp3) is 0.451. The molecule has 72 heavy (non-hydrogen) atoms. The molecule has 3 aliphatic rings. The van der Waals surface area contributed by atoms with E-state index in [-0.39, 0.29) is 40.4 Å². The van der Waals surface area contributed by atoms with Crippen LogP contribution in [0.4, 0.5) is 18.9 Å². The summed E-state index contributed by atoms with van der Waals surface area (Å²) in [7, 11) is -13.3. The van der Waals surface area contributed by atoms with E-state index in [2.05, 4.69) is 55.0 Å². The molecule has 3 aromatic carbocycles. The molecule has 0 unspecified atom stereocenters. The van der Waals surface area contributed by atoms with Crippen molar-refractivity contribution in [3.63, 3.8) is 0 Å². The molecule has 2 saturated heterocycles. The maximum absolute atomic E-state index is 14.2. The normalized spacial score (nSPS) is 18.5. The minimum Gasteiger partial charge on any atom is -0.455 e. The average Bonchev–Trinajstić information content (AvgIpc) is 3.80. The molecule has 21 heteroatoms. The van der Waals surface area contributed by atoms with Gasteiger partial charge in [-0.1, -0.05) is 56.1 Å². The number of benzene rings is 3. The van der Waals surface area contributed by atoms with E-state index in [9.17, 15) is 39.0 Å². The van der Waals surface area contributed by atoms with Crippen LogP contribution < -0.4 is 14.4 Å². The summed E-state index contributed by atoms with van der Waals surface area (Å²) >= 11 is 6.24. The van der Waals surface area contributed by atoms with Crippen LogP contribution in [0.2, 0.25) is 5.02 Å². The van der Waals surface area contributed by atoms with E-state index < -0.39 is 50.8 Å². The van der Waals surface area contributed by atoms with Crippen LogP contribution in [0.25, 0.3) is 16.6 Å². The molecule has 388 valence electrons. The number of fused-ring (bicyclic) bond motifs is 1. The number of amides is 1. The smallest absolute Gasteiger partial charge is 0.455 e. The van der Waals surface area contributed by atoms with Crippen LogP contribution in [0.1, 0.15) is 74.9 Å². The Morgan fingerprint density at radius 1 is 0.958 bits per heavy atom. The molecule has 0 bridgehead atoms. The number of allylic oxidation sites excluding steroid dienone is 1. The van der Waals surface area contributed by atoms with Crippen molar-refractivity contribution in [1.29, 1.82) is 0 Å². The lowest BCUT2D eigenvalue weighted by atomic mass is 9.72. The second-order valence-electron chi connectivity index (χ2n) is 19.8. The van der Waals surface area contributed by atoms with Crippen LogP contribution in [0.5, 0.6) is 11.5 Å². The largest absolute Gasteiger partial charge is 0.501 e. The van der Waals surface area contributed by atoms with Crippen LogP contribution in [0.15, 0.2) is 105 Å². The van der Waals surface area contributed by atoms with Gasteiger partial charge in [0, 0.05) is 102 Å². The number of aromatic amines is 1. The third-order valence-corrected chi connectivity index (χ3v) is 19.4. The van der Waals surface area contributed by atoms with Gasteiger partial charge in [-0.2, -0.15) is 13.2 Å². The maximum atomic E-state index is 14.2. The first-order chi connectivity index (χ1) is 34.0. The van der Waals surface area contributed by atoms with E-state index in [1.165, 1.54) is 29.0 Å². The highest BCUT2D eigenvalue weighted by atomic mass is 35.5. The topological polar surface area (TPSA) is 174 Å². The van der Waals surface area contributed by atoms with Gasteiger partial charge >= 0.3 is 5.51 Å². The van der Waals surface area contributed by atoms with Crippen LogP contribution in [0, 0.1) is 11.3 Å². The summed E-state index contributed by atoms with van der Waals surface area (Å²) in [6.45, 7) is 13.9.